The molecule has 0 aliphatic heterocycles. The standard InChI is InChI=1S/C17H26ClN3O2.ClH/c1-11(2)15(19)16(23)20-9-14(22)21-10-17(3,4)12-7-5-6-8-13(12)18;/h5-8,11,15H,9-10,19H2,1-4H3,(H,20,23)(H,21,22);1H/t15-;/m0./s1. The molecule has 0 radical (unpaired) electrons. The predicted molar refractivity (Wildman–Crippen MR) is 101 cm³/mol. The van der Waals surface area contributed by atoms with Crippen molar-refractivity contribution in [3.8, 4) is 0 Å². The Morgan fingerprint density at radius 1 is 1.21 bits per heavy atom. The lowest BCUT2D eigenvalue weighted by Gasteiger charge is -2.26. The summed E-state index contributed by atoms with van der Waals surface area (Å²) in [5.74, 6) is -0.549. The van der Waals surface area contributed by atoms with Gasteiger partial charge in [-0.2, -0.15) is 0 Å². The SMILES string of the molecule is CC(C)[C@H](N)C(=O)NCC(=O)NCC(C)(C)c1ccccc1Cl.Cl. The van der Waals surface area contributed by atoms with Gasteiger partial charge in [0.15, 0.2) is 0 Å². The number of halogens is 2. The fourth-order valence-corrected chi connectivity index (χ4v) is 2.47. The molecule has 0 unspecified atom stereocenters. The smallest absolute Gasteiger partial charge is 0.239 e. The van der Waals surface area contributed by atoms with Crippen LogP contribution in [-0.2, 0) is 15.0 Å². The minimum Gasteiger partial charge on any atom is -0.354 e. The number of amides is 2. The highest BCUT2D eigenvalue weighted by Crippen LogP contribution is 2.28. The Labute approximate surface area is 155 Å². The summed E-state index contributed by atoms with van der Waals surface area (Å²) in [5, 5.41) is 6.04. The van der Waals surface area contributed by atoms with Gasteiger partial charge in [-0.05, 0) is 17.5 Å². The van der Waals surface area contributed by atoms with Gasteiger partial charge in [0, 0.05) is 17.0 Å². The molecule has 4 N–H and O–H groups in total. The van der Waals surface area contributed by atoms with Crippen molar-refractivity contribution in [1.29, 1.82) is 0 Å². The third kappa shape index (κ3) is 6.67. The topological polar surface area (TPSA) is 84.2 Å². The maximum Gasteiger partial charge on any atom is 0.239 e. The van der Waals surface area contributed by atoms with Crippen LogP contribution in [0.5, 0.6) is 0 Å². The number of hydrogen-bond donors (Lipinski definition) is 3. The Balaban J connectivity index is 0.00000529. The van der Waals surface area contributed by atoms with E-state index in [-0.39, 0.29) is 42.1 Å². The largest absolute Gasteiger partial charge is 0.354 e. The van der Waals surface area contributed by atoms with Crippen LogP contribution >= 0.6 is 24.0 Å². The van der Waals surface area contributed by atoms with E-state index in [1.54, 1.807) is 0 Å². The zero-order valence-corrected chi connectivity index (χ0v) is 16.1. The van der Waals surface area contributed by atoms with Crippen LogP contribution in [0.2, 0.25) is 5.02 Å². The molecule has 0 spiro atoms. The van der Waals surface area contributed by atoms with E-state index in [1.807, 2.05) is 52.0 Å². The lowest BCUT2D eigenvalue weighted by atomic mass is 9.84. The molecule has 0 aliphatic carbocycles. The minimum atomic E-state index is -0.609. The van der Waals surface area contributed by atoms with Gasteiger partial charge in [-0.25, -0.2) is 0 Å². The zero-order chi connectivity index (χ0) is 17.6. The molecular weight excluding hydrogens is 349 g/mol. The molecule has 2 amide bonds. The van der Waals surface area contributed by atoms with Crippen LogP contribution in [0.4, 0.5) is 0 Å². The van der Waals surface area contributed by atoms with Gasteiger partial charge < -0.3 is 16.4 Å². The van der Waals surface area contributed by atoms with E-state index in [9.17, 15) is 9.59 Å². The number of hydrogen-bond acceptors (Lipinski definition) is 3. The van der Waals surface area contributed by atoms with E-state index in [0.29, 0.717) is 11.6 Å². The summed E-state index contributed by atoms with van der Waals surface area (Å²) in [4.78, 5) is 23.6. The average molecular weight is 376 g/mol. The summed E-state index contributed by atoms with van der Waals surface area (Å²) in [6.45, 7) is 8.05. The Hall–Kier alpha value is -1.30. The van der Waals surface area contributed by atoms with Gasteiger partial charge in [0.05, 0.1) is 12.6 Å². The number of carbonyl (C=O) groups excluding carboxylic acids is 2. The fourth-order valence-electron chi connectivity index (χ4n) is 2.08. The first-order valence-electron chi connectivity index (χ1n) is 7.70. The van der Waals surface area contributed by atoms with E-state index in [1.165, 1.54) is 0 Å². The summed E-state index contributed by atoms with van der Waals surface area (Å²) in [6, 6.07) is 6.94. The second-order valence-corrected chi connectivity index (χ2v) is 7.04. The van der Waals surface area contributed by atoms with Crippen LogP contribution in [0.15, 0.2) is 24.3 Å². The van der Waals surface area contributed by atoms with Crippen molar-refractivity contribution >= 4 is 35.8 Å². The van der Waals surface area contributed by atoms with Crippen molar-refractivity contribution in [1.82, 2.24) is 10.6 Å². The maximum atomic E-state index is 11.9. The number of benzene rings is 1. The van der Waals surface area contributed by atoms with E-state index in [2.05, 4.69) is 10.6 Å². The highest BCUT2D eigenvalue weighted by atomic mass is 35.5. The first-order chi connectivity index (χ1) is 10.6. The van der Waals surface area contributed by atoms with E-state index >= 15 is 0 Å². The average Bonchev–Trinajstić information content (AvgIpc) is 2.50. The molecular formula is C17H27Cl2N3O2. The molecule has 136 valence electrons. The number of nitrogens with two attached hydrogens (primary N) is 1. The monoisotopic (exact) mass is 375 g/mol. The molecule has 0 aromatic heterocycles. The van der Waals surface area contributed by atoms with Gasteiger partial charge in [0.2, 0.25) is 11.8 Å². The van der Waals surface area contributed by atoms with Crippen LogP contribution in [0.25, 0.3) is 0 Å². The normalized spacial score (nSPS) is 12.3. The molecule has 1 atom stereocenters. The second-order valence-electron chi connectivity index (χ2n) is 6.63. The molecule has 0 saturated heterocycles. The first kappa shape index (κ1) is 22.7. The molecule has 5 nitrogen and oxygen atoms in total. The number of carbonyl (C=O) groups is 2. The zero-order valence-electron chi connectivity index (χ0n) is 14.6. The second kappa shape index (κ2) is 9.87. The summed E-state index contributed by atoms with van der Waals surface area (Å²) in [5.41, 5.74) is 6.38. The van der Waals surface area contributed by atoms with Gasteiger partial charge >= 0.3 is 0 Å². The molecule has 1 rings (SSSR count). The highest BCUT2D eigenvalue weighted by molar-refractivity contribution is 6.31. The molecule has 0 heterocycles. The lowest BCUT2D eigenvalue weighted by molar-refractivity contribution is -0.127. The molecule has 0 saturated carbocycles. The Morgan fingerprint density at radius 2 is 1.79 bits per heavy atom. The van der Waals surface area contributed by atoms with E-state index < -0.39 is 6.04 Å². The van der Waals surface area contributed by atoms with Crippen molar-refractivity contribution in [2.75, 3.05) is 13.1 Å². The first-order valence-corrected chi connectivity index (χ1v) is 8.08. The van der Waals surface area contributed by atoms with Crippen LogP contribution in [0, 0.1) is 5.92 Å². The van der Waals surface area contributed by atoms with Crippen LogP contribution in [0.1, 0.15) is 33.3 Å². The third-order valence-corrected chi connectivity index (χ3v) is 4.10. The van der Waals surface area contributed by atoms with Gasteiger partial charge in [-0.15, -0.1) is 12.4 Å². The summed E-state index contributed by atoms with van der Waals surface area (Å²) < 4.78 is 0. The van der Waals surface area contributed by atoms with Crippen molar-refractivity contribution in [3.63, 3.8) is 0 Å². The molecule has 0 aliphatic rings. The molecule has 1 aromatic carbocycles. The summed E-state index contributed by atoms with van der Waals surface area (Å²) in [6.07, 6.45) is 0. The van der Waals surface area contributed by atoms with Crippen molar-refractivity contribution in [2.24, 2.45) is 11.7 Å². The van der Waals surface area contributed by atoms with Crippen LogP contribution in [0.3, 0.4) is 0 Å². The van der Waals surface area contributed by atoms with E-state index in [0.717, 1.165) is 5.56 Å². The molecule has 0 bridgehead atoms. The van der Waals surface area contributed by atoms with Crippen molar-refractivity contribution < 1.29 is 9.59 Å². The Morgan fingerprint density at radius 3 is 2.33 bits per heavy atom. The lowest BCUT2D eigenvalue weighted by Crippen LogP contribution is -2.48. The maximum absolute atomic E-state index is 11.9. The number of rotatable bonds is 7. The summed E-state index contributed by atoms with van der Waals surface area (Å²) in [7, 11) is 0. The van der Waals surface area contributed by atoms with Gasteiger partial charge in [0.1, 0.15) is 0 Å². The summed E-state index contributed by atoms with van der Waals surface area (Å²) >= 11 is 6.21. The molecule has 0 fully saturated rings. The highest BCUT2D eigenvalue weighted by Gasteiger charge is 2.24. The predicted octanol–water partition coefficient (Wildman–Crippen LogP) is 2.26. The quantitative estimate of drug-likeness (QED) is 0.683. The molecule has 1 aromatic rings. The van der Waals surface area contributed by atoms with Gasteiger partial charge in [0.25, 0.3) is 0 Å². The number of nitrogens with one attached hydrogen (secondary N) is 2. The van der Waals surface area contributed by atoms with Crippen LogP contribution < -0.4 is 16.4 Å². The van der Waals surface area contributed by atoms with Gasteiger partial charge in [-0.3, -0.25) is 9.59 Å². The molecule has 24 heavy (non-hydrogen) atoms. The fraction of sp³-hybridized carbons (Fsp3) is 0.529. The third-order valence-electron chi connectivity index (χ3n) is 3.77. The van der Waals surface area contributed by atoms with Crippen LogP contribution in [-0.4, -0.2) is 30.9 Å². The minimum absolute atomic E-state index is 0. The Bertz CT molecular complexity index is 563. The Kier molecular flexibility index (Phi) is 9.33. The van der Waals surface area contributed by atoms with Crippen molar-refractivity contribution in [2.45, 2.75) is 39.2 Å². The van der Waals surface area contributed by atoms with E-state index in [4.69, 9.17) is 17.3 Å². The molecule has 7 heteroatoms. The van der Waals surface area contributed by atoms with Crippen molar-refractivity contribution in [3.05, 3.63) is 34.9 Å². The van der Waals surface area contributed by atoms with Gasteiger partial charge in [-0.1, -0.05) is 57.5 Å².